The van der Waals surface area contributed by atoms with Crippen LogP contribution in [0.3, 0.4) is 0 Å². The maximum atomic E-state index is 13.7. The van der Waals surface area contributed by atoms with Gasteiger partial charge in [-0.3, -0.25) is 9.63 Å². The quantitative estimate of drug-likeness (QED) is 0.0756. The number of ether oxygens (including phenoxy) is 2. The summed E-state index contributed by atoms with van der Waals surface area (Å²) < 4.78 is 11.1. The summed E-state index contributed by atoms with van der Waals surface area (Å²) in [6.45, 7) is 4.72. The summed E-state index contributed by atoms with van der Waals surface area (Å²) in [6, 6.07) is 28.4. The van der Waals surface area contributed by atoms with E-state index in [1.165, 1.54) is 27.3 Å². The van der Waals surface area contributed by atoms with Crippen LogP contribution in [0.5, 0.6) is 5.75 Å². The van der Waals surface area contributed by atoms with Gasteiger partial charge in [-0.1, -0.05) is 85.6 Å². The molecule has 0 bridgehead atoms. The van der Waals surface area contributed by atoms with Crippen molar-refractivity contribution in [2.45, 2.75) is 84.0 Å². The van der Waals surface area contributed by atoms with E-state index in [9.17, 15) is 19.8 Å². The Bertz CT molecular complexity index is 1610. The van der Waals surface area contributed by atoms with Gasteiger partial charge in [0, 0.05) is 13.2 Å². The Balaban J connectivity index is 1.31. The van der Waals surface area contributed by atoms with Gasteiger partial charge in [0.15, 0.2) is 12.2 Å². The van der Waals surface area contributed by atoms with Gasteiger partial charge in [0.2, 0.25) is 0 Å². The molecule has 0 unspecified atom stereocenters. The summed E-state index contributed by atoms with van der Waals surface area (Å²) in [7, 11) is 1.66. The molecule has 4 aromatic carbocycles. The Labute approximate surface area is 284 Å². The van der Waals surface area contributed by atoms with Crippen LogP contribution in [0, 0.1) is 13.8 Å². The summed E-state index contributed by atoms with van der Waals surface area (Å²) >= 11 is 0. The summed E-state index contributed by atoms with van der Waals surface area (Å²) in [5.41, 5.74) is 5.91. The van der Waals surface area contributed by atoms with Gasteiger partial charge in [-0.25, -0.2) is 9.86 Å². The number of carbonyl (C=O) groups excluding carboxylic acids is 1. The van der Waals surface area contributed by atoms with E-state index in [-0.39, 0.29) is 19.8 Å². The number of aryl methyl sites for hydroxylation is 4. The van der Waals surface area contributed by atoms with E-state index in [0.717, 1.165) is 60.6 Å². The Morgan fingerprint density at radius 2 is 1.40 bits per heavy atom. The van der Waals surface area contributed by atoms with Gasteiger partial charge in [-0.2, -0.15) is 0 Å². The van der Waals surface area contributed by atoms with Crippen LogP contribution in [-0.4, -0.2) is 59.6 Å². The van der Waals surface area contributed by atoms with Crippen LogP contribution in [0.1, 0.15) is 66.3 Å². The summed E-state index contributed by atoms with van der Waals surface area (Å²) in [4.78, 5) is 31.4. The Morgan fingerprint density at radius 3 is 2.10 bits per heavy atom. The van der Waals surface area contributed by atoms with Gasteiger partial charge >= 0.3 is 5.97 Å². The molecule has 2 N–H and O–H groups in total. The minimum Gasteiger partial charge on any atom is -0.497 e. The lowest BCUT2D eigenvalue weighted by Gasteiger charge is -2.28. The number of hydrogen-bond acceptors (Lipinski definition) is 6. The monoisotopic (exact) mass is 655 g/mol. The maximum Gasteiger partial charge on any atom is 0.335 e. The van der Waals surface area contributed by atoms with E-state index in [1.807, 2.05) is 42.5 Å². The number of rotatable bonds is 20. The first-order valence-corrected chi connectivity index (χ1v) is 16.9. The molecule has 48 heavy (non-hydrogen) atoms. The number of benzene rings is 4. The number of nitrogens with zero attached hydrogens (tertiary/aromatic N) is 1. The molecular weight excluding hydrogens is 606 g/mol. The maximum absolute atomic E-state index is 13.7. The lowest BCUT2D eigenvalue weighted by atomic mass is 10.0. The van der Waals surface area contributed by atoms with Crippen LogP contribution in [0.15, 0.2) is 84.9 Å². The van der Waals surface area contributed by atoms with Crippen molar-refractivity contribution in [2.75, 3.05) is 20.3 Å². The fourth-order valence-electron chi connectivity index (χ4n) is 5.63. The zero-order valence-corrected chi connectivity index (χ0v) is 28.4. The van der Waals surface area contributed by atoms with Gasteiger partial charge in [0.25, 0.3) is 5.91 Å². The lowest BCUT2D eigenvalue weighted by molar-refractivity contribution is -0.209. The lowest BCUT2D eigenvalue weighted by Crippen LogP contribution is -2.49. The zero-order valence-electron chi connectivity index (χ0n) is 28.4. The molecule has 0 radical (unpaired) electrons. The Morgan fingerprint density at radius 1 is 0.729 bits per heavy atom. The number of carboxylic acids is 1. The third-order valence-electron chi connectivity index (χ3n) is 8.68. The third kappa shape index (κ3) is 11.2. The van der Waals surface area contributed by atoms with E-state index in [1.54, 1.807) is 7.11 Å². The molecular formula is C40H49NO7. The summed E-state index contributed by atoms with van der Waals surface area (Å²) in [5, 5.41) is 23.5. The van der Waals surface area contributed by atoms with Crippen molar-refractivity contribution in [3.63, 3.8) is 0 Å². The molecule has 1 amide bonds. The van der Waals surface area contributed by atoms with E-state index < -0.39 is 24.1 Å². The number of methoxy groups -OCH3 is 1. The molecule has 0 heterocycles. The van der Waals surface area contributed by atoms with Crippen molar-refractivity contribution < 1.29 is 34.1 Å². The van der Waals surface area contributed by atoms with E-state index in [4.69, 9.17) is 14.3 Å². The first-order valence-electron chi connectivity index (χ1n) is 16.9. The van der Waals surface area contributed by atoms with Crippen molar-refractivity contribution in [3.05, 3.63) is 113 Å². The molecule has 0 aliphatic rings. The normalized spacial score (nSPS) is 12.5. The second kappa shape index (κ2) is 18.9. The number of carbonyl (C=O) groups is 2. The van der Waals surface area contributed by atoms with Crippen molar-refractivity contribution in [1.82, 2.24) is 5.06 Å². The molecule has 0 spiro atoms. The summed E-state index contributed by atoms with van der Waals surface area (Å²) in [5.74, 6) is -1.38. The molecule has 0 saturated carbocycles. The molecule has 0 fully saturated rings. The fraction of sp³-hybridized carbons (Fsp3) is 0.400. The van der Waals surface area contributed by atoms with E-state index >= 15 is 0 Å². The third-order valence-corrected chi connectivity index (χ3v) is 8.68. The molecule has 0 aliphatic carbocycles. The molecule has 4 rings (SSSR count). The number of fused-ring (bicyclic) bond motifs is 1. The minimum absolute atomic E-state index is 0.128. The van der Waals surface area contributed by atoms with Crippen LogP contribution in [-0.2, 0) is 38.6 Å². The van der Waals surface area contributed by atoms with Gasteiger partial charge in [-0.05, 0) is 103 Å². The van der Waals surface area contributed by atoms with Gasteiger partial charge < -0.3 is 19.7 Å². The molecule has 0 aromatic heterocycles. The Kier molecular flexibility index (Phi) is 14.4. The number of hydroxylamine groups is 2. The SMILES string of the molecule is COc1ccc2cc(CCCCCN(OCc3ccccc3)C(=O)[C@H](OCCCCCc3ccc(C)c(C)c3)[C@@H](O)C(=O)O)ccc2c1. The first-order chi connectivity index (χ1) is 23.2. The van der Waals surface area contributed by atoms with E-state index in [2.05, 4.69) is 56.3 Å². The van der Waals surface area contributed by atoms with Gasteiger partial charge in [-0.15, -0.1) is 0 Å². The summed E-state index contributed by atoms with van der Waals surface area (Å²) in [6.07, 6.45) is 3.01. The van der Waals surface area contributed by atoms with Gasteiger partial charge in [0.1, 0.15) is 12.4 Å². The molecule has 256 valence electrons. The minimum atomic E-state index is -2.01. The number of aliphatic carboxylic acids is 1. The van der Waals surface area contributed by atoms with Gasteiger partial charge in [0.05, 0.1) is 7.11 Å². The first kappa shape index (κ1) is 36.6. The largest absolute Gasteiger partial charge is 0.497 e. The predicted octanol–water partition coefficient (Wildman–Crippen LogP) is 7.38. The van der Waals surface area contributed by atoms with Crippen LogP contribution in [0.4, 0.5) is 0 Å². The highest BCUT2D eigenvalue weighted by atomic mass is 16.7. The molecule has 4 aromatic rings. The zero-order chi connectivity index (χ0) is 34.3. The number of aliphatic hydroxyl groups is 1. The van der Waals surface area contributed by atoms with Crippen LogP contribution in [0.2, 0.25) is 0 Å². The van der Waals surface area contributed by atoms with Crippen LogP contribution in [0.25, 0.3) is 10.8 Å². The highest BCUT2D eigenvalue weighted by molar-refractivity contribution is 5.87. The van der Waals surface area contributed by atoms with Crippen LogP contribution >= 0.6 is 0 Å². The Hall–Kier alpha value is -4.24. The molecule has 0 aliphatic heterocycles. The average Bonchev–Trinajstić information content (AvgIpc) is 3.10. The second-order valence-corrected chi connectivity index (χ2v) is 12.4. The number of amides is 1. The fourth-order valence-corrected chi connectivity index (χ4v) is 5.63. The average molecular weight is 656 g/mol. The van der Waals surface area contributed by atoms with Crippen molar-refractivity contribution >= 4 is 22.6 Å². The molecule has 2 atom stereocenters. The number of carboxylic acid groups (broad SMARTS) is 1. The molecule has 0 saturated heterocycles. The van der Waals surface area contributed by atoms with Crippen LogP contribution < -0.4 is 4.74 Å². The predicted molar refractivity (Wildman–Crippen MR) is 188 cm³/mol. The topological polar surface area (TPSA) is 106 Å². The van der Waals surface area contributed by atoms with Crippen molar-refractivity contribution in [3.8, 4) is 5.75 Å². The number of hydrogen-bond donors (Lipinski definition) is 2. The molecule has 8 nitrogen and oxygen atoms in total. The van der Waals surface area contributed by atoms with Crippen molar-refractivity contribution in [2.24, 2.45) is 0 Å². The van der Waals surface area contributed by atoms with Crippen molar-refractivity contribution in [1.29, 1.82) is 0 Å². The number of unbranched alkanes of at least 4 members (excludes halogenated alkanes) is 4. The standard InChI is InChI=1S/C40H49NO7/c1-29-17-18-31(25-30(29)2)13-10-6-12-24-47-38(37(42)40(44)45)39(43)41(48-28-33-15-7-4-8-16-33)23-11-5-9-14-32-19-20-35-27-36(46-3)22-21-34(35)26-32/h4,7-8,15-22,25-27,37-38,42H,5-6,9-14,23-24,28H2,1-3H3,(H,44,45)/t37-,38-/m1/s1. The van der Waals surface area contributed by atoms with E-state index in [0.29, 0.717) is 12.8 Å². The highest BCUT2D eigenvalue weighted by Gasteiger charge is 2.36. The number of aliphatic hydroxyl groups excluding tert-OH is 1. The second-order valence-electron chi connectivity index (χ2n) is 12.4. The highest BCUT2D eigenvalue weighted by Crippen LogP contribution is 2.23. The smallest absolute Gasteiger partial charge is 0.335 e. The molecule has 8 heteroatoms.